The van der Waals surface area contributed by atoms with E-state index in [9.17, 15) is 4.79 Å². The van der Waals surface area contributed by atoms with Crippen molar-refractivity contribution >= 4 is 5.91 Å². The highest BCUT2D eigenvalue weighted by Crippen LogP contribution is 2.29. The molecule has 2 atom stereocenters. The van der Waals surface area contributed by atoms with Crippen LogP contribution >= 0.6 is 0 Å². The van der Waals surface area contributed by atoms with Crippen LogP contribution in [0.2, 0.25) is 0 Å². The van der Waals surface area contributed by atoms with E-state index in [0.717, 1.165) is 19.5 Å². The molecular weight excluding hydrogens is 188 g/mol. The summed E-state index contributed by atoms with van der Waals surface area (Å²) in [4.78, 5) is 15.4. The molecule has 2 unspecified atom stereocenters. The van der Waals surface area contributed by atoms with Gasteiger partial charge in [0.2, 0.25) is 5.91 Å². The monoisotopic (exact) mass is 214 g/mol. The Morgan fingerprint density at radius 2 is 1.60 bits per heavy atom. The van der Waals surface area contributed by atoms with Crippen molar-refractivity contribution in [2.75, 3.05) is 27.2 Å². The Hall–Kier alpha value is -0.570. The number of nitrogens with zero attached hydrogens (tertiary/aromatic N) is 2. The van der Waals surface area contributed by atoms with Crippen LogP contribution in [0.25, 0.3) is 0 Å². The highest BCUT2D eigenvalue weighted by Gasteiger charge is 2.42. The van der Waals surface area contributed by atoms with Crippen LogP contribution in [-0.2, 0) is 4.79 Å². The van der Waals surface area contributed by atoms with Crippen LogP contribution in [-0.4, -0.2) is 48.9 Å². The summed E-state index contributed by atoms with van der Waals surface area (Å²) in [5.74, 6) is 0.936. The number of hydrogen-bond donors (Lipinski definition) is 0. The maximum atomic E-state index is 11.2. The standard InChI is InChI=1S/C8H14N2O.2C2H6/c1-9-4-6-3-8(11)10(2)7(6)5-9;2*1-2/h6-7H,3-5H2,1-2H3;2*1-2H3. The number of likely N-dealkylation sites (tertiary alicyclic amines) is 2. The van der Waals surface area contributed by atoms with E-state index < -0.39 is 0 Å². The zero-order chi connectivity index (χ0) is 12.0. The second kappa shape index (κ2) is 6.83. The van der Waals surface area contributed by atoms with Crippen LogP contribution < -0.4 is 0 Å². The molecule has 2 aliphatic heterocycles. The van der Waals surface area contributed by atoms with E-state index in [4.69, 9.17) is 0 Å². The van der Waals surface area contributed by atoms with Gasteiger partial charge in [0.15, 0.2) is 0 Å². The Labute approximate surface area is 94.4 Å². The maximum absolute atomic E-state index is 11.2. The molecule has 2 heterocycles. The normalized spacial score (nSPS) is 28.9. The number of amides is 1. The van der Waals surface area contributed by atoms with Crippen molar-refractivity contribution in [1.29, 1.82) is 0 Å². The number of rotatable bonds is 0. The minimum Gasteiger partial charge on any atom is -0.341 e. The third-order valence-corrected chi connectivity index (χ3v) is 2.92. The fourth-order valence-electron chi connectivity index (χ4n) is 2.26. The summed E-state index contributed by atoms with van der Waals surface area (Å²) in [6, 6.07) is 0.507. The molecule has 90 valence electrons. The van der Waals surface area contributed by atoms with Crippen molar-refractivity contribution in [1.82, 2.24) is 9.80 Å². The first kappa shape index (κ1) is 14.4. The third-order valence-electron chi connectivity index (χ3n) is 2.92. The summed E-state index contributed by atoms with van der Waals surface area (Å²) < 4.78 is 0. The van der Waals surface area contributed by atoms with E-state index in [2.05, 4.69) is 11.9 Å². The summed E-state index contributed by atoms with van der Waals surface area (Å²) in [5.41, 5.74) is 0. The Kier molecular flexibility index (Phi) is 6.57. The fraction of sp³-hybridized carbons (Fsp3) is 0.917. The average molecular weight is 214 g/mol. The van der Waals surface area contributed by atoms with Gasteiger partial charge in [0.1, 0.15) is 0 Å². The lowest BCUT2D eigenvalue weighted by Gasteiger charge is -2.18. The molecule has 0 spiro atoms. The molecule has 2 rings (SSSR count). The topological polar surface area (TPSA) is 23.6 Å². The molecule has 0 aromatic heterocycles. The summed E-state index contributed by atoms with van der Waals surface area (Å²) in [7, 11) is 4.04. The van der Waals surface area contributed by atoms with Gasteiger partial charge in [-0.2, -0.15) is 0 Å². The highest BCUT2D eigenvalue weighted by molar-refractivity contribution is 5.79. The van der Waals surface area contributed by atoms with Crippen LogP contribution in [0.15, 0.2) is 0 Å². The molecule has 0 bridgehead atoms. The number of carbonyl (C=O) groups is 1. The van der Waals surface area contributed by atoms with E-state index in [1.807, 2.05) is 39.6 Å². The van der Waals surface area contributed by atoms with E-state index in [-0.39, 0.29) is 0 Å². The first-order chi connectivity index (χ1) is 7.18. The van der Waals surface area contributed by atoms with E-state index >= 15 is 0 Å². The second-order valence-corrected chi connectivity index (χ2v) is 3.76. The lowest BCUT2D eigenvalue weighted by atomic mass is 10.1. The zero-order valence-electron chi connectivity index (χ0n) is 11.1. The van der Waals surface area contributed by atoms with Crippen LogP contribution in [0.1, 0.15) is 34.1 Å². The first-order valence-corrected chi connectivity index (χ1v) is 6.12. The Balaban J connectivity index is 0.000000442. The first-order valence-electron chi connectivity index (χ1n) is 6.12. The molecule has 0 N–H and O–H groups in total. The molecule has 3 heteroatoms. The zero-order valence-corrected chi connectivity index (χ0v) is 11.1. The van der Waals surface area contributed by atoms with Gasteiger partial charge in [-0.05, 0) is 7.05 Å². The van der Waals surface area contributed by atoms with Crippen LogP contribution in [0.3, 0.4) is 0 Å². The van der Waals surface area contributed by atoms with Gasteiger partial charge in [-0.3, -0.25) is 4.79 Å². The average Bonchev–Trinajstić information content (AvgIpc) is 2.74. The van der Waals surface area contributed by atoms with Crippen molar-refractivity contribution < 1.29 is 4.79 Å². The Bertz CT molecular complexity index is 194. The molecule has 3 nitrogen and oxygen atoms in total. The van der Waals surface area contributed by atoms with Crippen molar-refractivity contribution in [3.05, 3.63) is 0 Å². The number of fused-ring (bicyclic) bond motifs is 1. The number of carbonyl (C=O) groups excluding carboxylic acids is 1. The van der Waals surface area contributed by atoms with Gasteiger partial charge in [0.05, 0.1) is 0 Å². The minimum absolute atomic E-state index is 0.327. The molecule has 0 aromatic rings. The van der Waals surface area contributed by atoms with Gasteiger partial charge in [-0.1, -0.05) is 27.7 Å². The Morgan fingerprint density at radius 1 is 1.07 bits per heavy atom. The second-order valence-electron chi connectivity index (χ2n) is 3.76. The van der Waals surface area contributed by atoms with Crippen LogP contribution in [0, 0.1) is 5.92 Å². The molecule has 0 aliphatic carbocycles. The van der Waals surface area contributed by atoms with Gasteiger partial charge < -0.3 is 9.80 Å². The lowest BCUT2D eigenvalue weighted by molar-refractivity contribution is -0.127. The summed E-state index contributed by atoms with van der Waals surface area (Å²) in [6.45, 7) is 10.2. The quantitative estimate of drug-likeness (QED) is 0.614. The van der Waals surface area contributed by atoms with Gasteiger partial charge in [-0.15, -0.1) is 0 Å². The van der Waals surface area contributed by atoms with Crippen molar-refractivity contribution in [3.8, 4) is 0 Å². The van der Waals surface area contributed by atoms with E-state index in [1.165, 1.54) is 0 Å². The highest BCUT2D eigenvalue weighted by atomic mass is 16.2. The van der Waals surface area contributed by atoms with Crippen LogP contribution in [0.5, 0.6) is 0 Å². The fourth-order valence-corrected chi connectivity index (χ4v) is 2.26. The van der Waals surface area contributed by atoms with Crippen molar-refractivity contribution in [2.45, 2.75) is 40.2 Å². The SMILES string of the molecule is CC.CC.CN1CC2CC(=O)N(C)C2C1. The van der Waals surface area contributed by atoms with Gasteiger partial charge in [0.25, 0.3) is 0 Å². The van der Waals surface area contributed by atoms with Crippen molar-refractivity contribution in [2.24, 2.45) is 5.92 Å². The number of likely N-dealkylation sites (N-methyl/N-ethyl adjacent to an activating group) is 2. The lowest BCUT2D eigenvalue weighted by Crippen LogP contribution is -2.33. The molecule has 0 aromatic carbocycles. The molecular formula is C12H26N2O. The molecule has 0 saturated carbocycles. The Morgan fingerprint density at radius 3 is 2.07 bits per heavy atom. The van der Waals surface area contributed by atoms with Crippen LogP contribution in [0.4, 0.5) is 0 Å². The largest absolute Gasteiger partial charge is 0.341 e. The minimum atomic E-state index is 0.327. The molecule has 2 saturated heterocycles. The van der Waals surface area contributed by atoms with Gasteiger partial charge in [0, 0.05) is 38.5 Å². The molecule has 2 aliphatic rings. The smallest absolute Gasteiger partial charge is 0.223 e. The molecule has 2 fully saturated rings. The molecule has 15 heavy (non-hydrogen) atoms. The summed E-state index contributed by atoms with van der Waals surface area (Å²) in [6.07, 6.45) is 0.769. The van der Waals surface area contributed by atoms with Gasteiger partial charge in [-0.25, -0.2) is 0 Å². The number of hydrogen-bond acceptors (Lipinski definition) is 2. The molecule has 0 radical (unpaired) electrons. The third kappa shape index (κ3) is 3.20. The molecule has 1 amide bonds. The predicted octanol–water partition coefficient (Wildman–Crippen LogP) is 1.83. The summed E-state index contributed by atoms with van der Waals surface area (Å²) in [5, 5.41) is 0. The van der Waals surface area contributed by atoms with E-state index in [0.29, 0.717) is 17.9 Å². The summed E-state index contributed by atoms with van der Waals surface area (Å²) >= 11 is 0. The van der Waals surface area contributed by atoms with Crippen molar-refractivity contribution in [3.63, 3.8) is 0 Å². The van der Waals surface area contributed by atoms with E-state index in [1.54, 1.807) is 0 Å². The predicted molar refractivity (Wildman–Crippen MR) is 64.9 cm³/mol. The maximum Gasteiger partial charge on any atom is 0.223 e. The van der Waals surface area contributed by atoms with Gasteiger partial charge >= 0.3 is 0 Å².